The highest BCUT2D eigenvalue weighted by Crippen LogP contribution is 2.22. The molecule has 0 aromatic rings. The van der Waals surface area contributed by atoms with Crippen molar-refractivity contribution < 1.29 is 0 Å². The third kappa shape index (κ3) is 1.45. The van der Waals surface area contributed by atoms with Crippen molar-refractivity contribution in [3.05, 3.63) is 36.1 Å². The molecular weight excluding hydrogens is 146 g/mol. The molecule has 0 bridgehead atoms. The summed E-state index contributed by atoms with van der Waals surface area (Å²) in [4.78, 5) is 0. The number of allylic oxidation sites excluding steroid dienone is 2. The second-order valence-corrected chi connectivity index (χ2v) is 3.08. The molecule has 0 amide bonds. The molecule has 2 unspecified atom stereocenters. The van der Waals surface area contributed by atoms with Crippen LogP contribution >= 0.6 is 0 Å². The van der Waals surface area contributed by atoms with E-state index in [0.717, 1.165) is 6.42 Å². The molecule has 1 heteroatoms. The first-order chi connectivity index (χ1) is 5.40. The van der Waals surface area contributed by atoms with Gasteiger partial charge in [0.25, 0.3) is 0 Å². The Kier molecular flexibility index (Phi) is 2.74. The van der Waals surface area contributed by atoms with E-state index in [2.05, 4.69) is 42.7 Å². The van der Waals surface area contributed by atoms with Crippen molar-refractivity contribution in [1.29, 1.82) is 0 Å². The van der Waals surface area contributed by atoms with Crippen LogP contribution in [0.5, 0.6) is 0 Å². The Bertz CT molecular complexity index is 235. The number of hydrogen-bond acceptors (Lipinski definition) is 1. The zero-order valence-electron chi connectivity index (χ0n) is 6.75. The molecule has 0 radical (unpaired) electrons. The lowest BCUT2D eigenvalue weighted by Crippen LogP contribution is -2.25. The molecule has 0 saturated carbocycles. The lowest BCUT2D eigenvalue weighted by molar-refractivity contribution is 0.642. The van der Waals surface area contributed by atoms with Crippen LogP contribution < -0.4 is 5.32 Å². The summed E-state index contributed by atoms with van der Waals surface area (Å²) < 4.78 is 0. The van der Waals surface area contributed by atoms with Crippen LogP contribution in [0, 0.1) is 5.92 Å². The monoisotopic (exact) mass is 163 g/mol. The summed E-state index contributed by atoms with van der Waals surface area (Å²) in [6.45, 7) is 2.19. The summed E-state index contributed by atoms with van der Waals surface area (Å²) in [5, 5.41) is 3.31. The number of hydrogen-bond donors (Lipinski definition) is 1. The van der Waals surface area contributed by atoms with Gasteiger partial charge in [-0.25, -0.2) is 0 Å². The van der Waals surface area contributed by atoms with Crippen LogP contribution in [0.1, 0.15) is 20.8 Å². The first-order valence-corrected chi connectivity index (χ1v) is 4.22. The molecule has 0 aromatic carbocycles. The Labute approximate surface area is 74.9 Å². The lowest BCUT2D eigenvalue weighted by Gasteiger charge is -2.18. The minimum Gasteiger partial charge on any atom is -0.384 e. The molecular formula is C11H17N. The van der Waals surface area contributed by atoms with Crippen LogP contribution in [0.4, 0.5) is 0 Å². The molecule has 0 fully saturated rings. The highest BCUT2D eigenvalue weighted by molar-refractivity contribution is 5.32. The predicted octanol–water partition coefficient (Wildman–Crippen LogP) is 2.63. The highest BCUT2D eigenvalue weighted by atomic mass is 14.9. The van der Waals surface area contributed by atoms with Crippen LogP contribution in [-0.4, -0.2) is 6.04 Å². The van der Waals surface area contributed by atoms with Gasteiger partial charge < -0.3 is 5.32 Å². The summed E-state index contributed by atoms with van der Waals surface area (Å²) in [5.74, 6) is 0.602. The molecule has 1 nitrogen and oxygen atoms in total. The molecule has 0 aromatic heterocycles. The van der Waals surface area contributed by atoms with Gasteiger partial charge in [-0.1, -0.05) is 44.2 Å². The van der Waals surface area contributed by atoms with E-state index in [0.29, 0.717) is 12.0 Å². The maximum absolute atomic E-state index is 3.31. The number of nitrogens with one attached hydrogen (secondary N) is 1. The molecule has 1 heterocycles. The molecule has 1 N–H and O–H groups in total. The van der Waals surface area contributed by atoms with E-state index in [4.69, 9.17) is 0 Å². The summed E-state index contributed by atoms with van der Waals surface area (Å²) in [5.41, 5.74) is 1.45. The molecule has 12 heavy (non-hydrogen) atoms. The van der Waals surface area contributed by atoms with E-state index in [-0.39, 0.29) is 7.43 Å². The van der Waals surface area contributed by atoms with Crippen LogP contribution in [0.25, 0.3) is 0 Å². The third-order valence-electron chi connectivity index (χ3n) is 2.36. The van der Waals surface area contributed by atoms with Crippen LogP contribution in [-0.2, 0) is 0 Å². The Morgan fingerprint density at radius 2 is 2.25 bits per heavy atom. The third-order valence-corrected chi connectivity index (χ3v) is 2.36. The van der Waals surface area contributed by atoms with Gasteiger partial charge in [-0.2, -0.15) is 0 Å². The number of fused-ring (bicyclic) bond motifs is 1. The van der Waals surface area contributed by atoms with Crippen molar-refractivity contribution >= 4 is 0 Å². The van der Waals surface area contributed by atoms with Gasteiger partial charge in [0.1, 0.15) is 0 Å². The van der Waals surface area contributed by atoms with Gasteiger partial charge in [0.15, 0.2) is 0 Å². The summed E-state index contributed by atoms with van der Waals surface area (Å²) >= 11 is 0. The van der Waals surface area contributed by atoms with Gasteiger partial charge in [0.05, 0.1) is 6.04 Å². The SMILES string of the molecule is C.CCC1=CC2NC=CC2C=C1. The zero-order valence-corrected chi connectivity index (χ0v) is 6.75. The highest BCUT2D eigenvalue weighted by Gasteiger charge is 2.20. The summed E-state index contributed by atoms with van der Waals surface area (Å²) in [6, 6.07) is 0.537. The maximum atomic E-state index is 3.31. The van der Waals surface area contributed by atoms with Crippen molar-refractivity contribution in [2.45, 2.75) is 26.8 Å². The van der Waals surface area contributed by atoms with Crippen molar-refractivity contribution in [3.63, 3.8) is 0 Å². The maximum Gasteiger partial charge on any atom is 0.0542 e. The van der Waals surface area contributed by atoms with Crippen LogP contribution in [0.2, 0.25) is 0 Å². The average Bonchev–Trinajstić information content (AvgIpc) is 2.50. The van der Waals surface area contributed by atoms with Gasteiger partial charge in [-0.15, -0.1) is 0 Å². The van der Waals surface area contributed by atoms with Gasteiger partial charge >= 0.3 is 0 Å². The molecule has 0 spiro atoms. The normalized spacial score (nSPS) is 30.2. The Hall–Kier alpha value is -0.980. The quantitative estimate of drug-likeness (QED) is 0.626. The zero-order chi connectivity index (χ0) is 7.68. The van der Waals surface area contributed by atoms with E-state index < -0.39 is 0 Å². The lowest BCUT2D eigenvalue weighted by atomic mass is 9.93. The second-order valence-electron chi connectivity index (χ2n) is 3.08. The molecule has 66 valence electrons. The average molecular weight is 163 g/mol. The Balaban J connectivity index is 0.000000720. The van der Waals surface area contributed by atoms with E-state index in [1.54, 1.807) is 0 Å². The summed E-state index contributed by atoms with van der Waals surface area (Å²) in [7, 11) is 0. The van der Waals surface area contributed by atoms with E-state index in [9.17, 15) is 0 Å². The van der Waals surface area contributed by atoms with Crippen molar-refractivity contribution in [2.24, 2.45) is 5.92 Å². The smallest absolute Gasteiger partial charge is 0.0542 e. The number of rotatable bonds is 1. The minimum atomic E-state index is 0. The van der Waals surface area contributed by atoms with Gasteiger partial charge in [-0.3, -0.25) is 0 Å². The van der Waals surface area contributed by atoms with E-state index in [1.165, 1.54) is 5.57 Å². The predicted molar refractivity (Wildman–Crippen MR) is 53.8 cm³/mol. The fourth-order valence-electron chi connectivity index (χ4n) is 1.61. The Morgan fingerprint density at radius 1 is 1.42 bits per heavy atom. The second kappa shape index (κ2) is 3.61. The van der Waals surface area contributed by atoms with Gasteiger partial charge in [0, 0.05) is 5.92 Å². The standard InChI is InChI=1S/C10H13N.CH4/c1-2-8-3-4-9-5-6-11-10(9)7-8;/h3-7,9-11H,2H2,1H3;1H4. The molecule has 2 aliphatic rings. The van der Waals surface area contributed by atoms with Crippen LogP contribution in [0.3, 0.4) is 0 Å². The molecule has 2 rings (SSSR count). The van der Waals surface area contributed by atoms with Gasteiger partial charge in [0.2, 0.25) is 0 Å². The molecule has 2 atom stereocenters. The molecule has 1 aliphatic heterocycles. The van der Waals surface area contributed by atoms with E-state index in [1.807, 2.05) is 0 Å². The van der Waals surface area contributed by atoms with Crippen molar-refractivity contribution in [1.82, 2.24) is 5.32 Å². The molecule has 0 saturated heterocycles. The van der Waals surface area contributed by atoms with Gasteiger partial charge in [-0.05, 0) is 12.6 Å². The Morgan fingerprint density at radius 3 is 3.00 bits per heavy atom. The fourth-order valence-corrected chi connectivity index (χ4v) is 1.61. The first kappa shape index (κ1) is 9.11. The minimum absolute atomic E-state index is 0. The topological polar surface area (TPSA) is 12.0 Å². The van der Waals surface area contributed by atoms with Crippen molar-refractivity contribution in [2.75, 3.05) is 0 Å². The van der Waals surface area contributed by atoms with E-state index >= 15 is 0 Å². The summed E-state index contributed by atoms with van der Waals surface area (Å²) in [6.07, 6.45) is 12.2. The van der Waals surface area contributed by atoms with Crippen LogP contribution in [0.15, 0.2) is 36.1 Å². The fraction of sp³-hybridized carbons (Fsp3) is 0.455. The molecule has 1 aliphatic carbocycles. The largest absolute Gasteiger partial charge is 0.384 e. The first-order valence-electron chi connectivity index (χ1n) is 4.22. The van der Waals surface area contributed by atoms with Crippen molar-refractivity contribution in [3.8, 4) is 0 Å².